The molecular weight excluding hydrogens is 164 g/mol. The Kier molecular flexibility index (Phi) is 5.55. The Labute approximate surface area is 79.0 Å². The number of likely N-dealkylation sites (N-methyl/N-ethyl adjacent to an activating group) is 1. The molecule has 0 aromatic rings. The third-order valence-electron chi connectivity index (χ3n) is 1.63. The minimum atomic E-state index is -0.519. The van der Waals surface area contributed by atoms with Crippen molar-refractivity contribution in [2.24, 2.45) is 5.73 Å². The summed E-state index contributed by atoms with van der Waals surface area (Å²) in [6, 6.07) is -0.519. The van der Waals surface area contributed by atoms with E-state index in [4.69, 9.17) is 5.73 Å². The van der Waals surface area contributed by atoms with Gasteiger partial charge in [0.15, 0.2) is 0 Å². The van der Waals surface area contributed by atoms with Crippen LogP contribution in [0.3, 0.4) is 0 Å². The van der Waals surface area contributed by atoms with Crippen molar-refractivity contribution in [3.8, 4) is 0 Å². The van der Waals surface area contributed by atoms with Crippen molar-refractivity contribution in [3.63, 3.8) is 0 Å². The van der Waals surface area contributed by atoms with Gasteiger partial charge in [0.1, 0.15) is 0 Å². The second-order valence-electron chi connectivity index (χ2n) is 2.61. The molecule has 0 fully saturated rings. The predicted octanol–water partition coefficient (Wildman–Crippen LogP) is 0.748. The first-order chi connectivity index (χ1) is 6.15. The lowest BCUT2D eigenvalue weighted by Gasteiger charge is -2.09. The molecular formula is C10H16N2O. The predicted molar refractivity (Wildman–Crippen MR) is 55.1 cm³/mol. The van der Waals surface area contributed by atoms with E-state index in [9.17, 15) is 4.79 Å². The molecule has 0 saturated carbocycles. The Balaban J connectivity index is 4.24. The van der Waals surface area contributed by atoms with Crippen molar-refractivity contribution >= 4 is 5.91 Å². The van der Waals surface area contributed by atoms with Crippen LogP contribution in [0.15, 0.2) is 37.0 Å². The van der Waals surface area contributed by atoms with E-state index >= 15 is 0 Å². The molecule has 0 heterocycles. The smallest absolute Gasteiger partial charge is 0.237 e. The summed E-state index contributed by atoms with van der Waals surface area (Å²) >= 11 is 0. The Morgan fingerprint density at radius 1 is 1.62 bits per heavy atom. The molecule has 3 heteroatoms. The van der Waals surface area contributed by atoms with Crippen molar-refractivity contribution in [1.82, 2.24) is 5.32 Å². The molecule has 72 valence electrons. The summed E-state index contributed by atoms with van der Waals surface area (Å²) in [4.78, 5) is 11.0. The highest BCUT2D eigenvalue weighted by molar-refractivity contribution is 5.81. The van der Waals surface area contributed by atoms with Crippen LogP contribution in [0.2, 0.25) is 0 Å². The molecule has 0 saturated heterocycles. The quantitative estimate of drug-likeness (QED) is 0.613. The van der Waals surface area contributed by atoms with E-state index in [0.29, 0.717) is 6.42 Å². The van der Waals surface area contributed by atoms with E-state index in [1.54, 1.807) is 25.3 Å². The van der Waals surface area contributed by atoms with Gasteiger partial charge in [-0.15, -0.1) is 0 Å². The van der Waals surface area contributed by atoms with Crippen LogP contribution in [-0.2, 0) is 4.79 Å². The number of nitrogens with one attached hydrogen (secondary N) is 1. The summed E-state index contributed by atoms with van der Waals surface area (Å²) in [7, 11) is 1.56. The molecule has 0 aliphatic heterocycles. The molecule has 3 nitrogen and oxygen atoms in total. The van der Waals surface area contributed by atoms with Gasteiger partial charge in [-0.1, -0.05) is 31.4 Å². The SMILES string of the molecule is C=C/C=C(\C=C)CC(N)C(=O)NC. The number of carbonyl (C=O) groups is 1. The summed E-state index contributed by atoms with van der Waals surface area (Å²) in [5.41, 5.74) is 6.51. The molecule has 0 spiro atoms. The lowest BCUT2D eigenvalue weighted by Crippen LogP contribution is -2.38. The highest BCUT2D eigenvalue weighted by Crippen LogP contribution is 2.05. The molecule has 0 rings (SSSR count). The topological polar surface area (TPSA) is 55.1 Å². The first-order valence-corrected chi connectivity index (χ1v) is 4.07. The first kappa shape index (κ1) is 11.6. The number of amides is 1. The zero-order chi connectivity index (χ0) is 10.3. The average Bonchev–Trinajstić information content (AvgIpc) is 2.15. The van der Waals surface area contributed by atoms with E-state index in [-0.39, 0.29) is 5.91 Å². The molecule has 0 aromatic heterocycles. The van der Waals surface area contributed by atoms with Crippen LogP contribution in [0.4, 0.5) is 0 Å². The molecule has 0 aromatic carbocycles. The molecule has 0 bridgehead atoms. The van der Waals surface area contributed by atoms with Gasteiger partial charge in [-0.05, 0) is 12.0 Å². The highest BCUT2D eigenvalue weighted by atomic mass is 16.2. The van der Waals surface area contributed by atoms with Gasteiger partial charge in [-0.2, -0.15) is 0 Å². The standard InChI is InChI=1S/C10H16N2O/c1-4-6-8(5-2)7-9(11)10(13)12-3/h4-6,9H,1-2,7,11H2,3H3,(H,12,13)/b8-6+. The van der Waals surface area contributed by atoms with E-state index in [2.05, 4.69) is 18.5 Å². The van der Waals surface area contributed by atoms with E-state index in [1.807, 2.05) is 0 Å². The van der Waals surface area contributed by atoms with Gasteiger partial charge in [0, 0.05) is 7.05 Å². The van der Waals surface area contributed by atoms with Crippen molar-refractivity contribution < 1.29 is 4.79 Å². The monoisotopic (exact) mass is 180 g/mol. The Bertz CT molecular complexity index is 231. The van der Waals surface area contributed by atoms with Crippen molar-refractivity contribution in [2.45, 2.75) is 12.5 Å². The number of rotatable bonds is 5. The molecule has 13 heavy (non-hydrogen) atoms. The normalized spacial score (nSPS) is 13.2. The van der Waals surface area contributed by atoms with Crippen molar-refractivity contribution in [1.29, 1.82) is 0 Å². The zero-order valence-corrected chi connectivity index (χ0v) is 7.92. The van der Waals surface area contributed by atoms with E-state index in [1.165, 1.54) is 0 Å². The number of hydrogen-bond acceptors (Lipinski definition) is 2. The molecule has 1 amide bonds. The van der Waals surface area contributed by atoms with Gasteiger partial charge in [-0.3, -0.25) is 4.79 Å². The van der Waals surface area contributed by atoms with Crippen LogP contribution >= 0.6 is 0 Å². The van der Waals surface area contributed by atoms with Gasteiger partial charge in [0.2, 0.25) is 5.91 Å². The highest BCUT2D eigenvalue weighted by Gasteiger charge is 2.11. The maximum absolute atomic E-state index is 11.0. The Hall–Kier alpha value is -1.35. The van der Waals surface area contributed by atoms with Gasteiger partial charge in [0.05, 0.1) is 6.04 Å². The second-order valence-corrected chi connectivity index (χ2v) is 2.61. The number of allylic oxidation sites excluding steroid dienone is 3. The molecule has 3 N–H and O–H groups in total. The van der Waals surface area contributed by atoms with Crippen LogP contribution in [-0.4, -0.2) is 19.0 Å². The van der Waals surface area contributed by atoms with Gasteiger partial charge < -0.3 is 11.1 Å². The lowest BCUT2D eigenvalue weighted by atomic mass is 10.1. The maximum atomic E-state index is 11.0. The van der Waals surface area contributed by atoms with Gasteiger partial charge in [-0.25, -0.2) is 0 Å². The zero-order valence-electron chi connectivity index (χ0n) is 7.92. The maximum Gasteiger partial charge on any atom is 0.237 e. The summed E-state index contributed by atoms with van der Waals surface area (Å²) in [6.45, 7) is 7.17. The summed E-state index contributed by atoms with van der Waals surface area (Å²) in [5, 5.41) is 2.49. The molecule has 0 aliphatic rings. The number of nitrogens with two attached hydrogens (primary N) is 1. The minimum absolute atomic E-state index is 0.170. The Morgan fingerprint density at radius 3 is 2.62 bits per heavy atom. The second kappa shape index (κ2) is 6.20. The molecule has 0 radical (unpaired) electrons. The van der Waals surface area contributed by atoms with Gasteiger partial charge >= 0.3 is 0 Å². The fourth-order valence-corrected chi connectivity index (χ4v) is 0.903. The lowest BCUT2D eigenvalue weighted by molar-refractivity contribution is -0.121. The summed E-state index contributed by atoms with van der Waals surface area (Å²) in [5.74, 6) is -0.170. The molecule has 0 aliphatic carbocycles. The Morgan fingerprint density at radius 2 is 2.23 bits per heavy atom. The van der Waals surface area contributed by atoms with Crippen molar-refractivity contribution in [3.05, 3.63) is 37.0 Å². The average molecular weight is 180 g/mol. The van der Waals surface area contributed by atoms with Gasteiger partial charge in [0.25, 0.3) is 0 Å². The minimum Gasteiger partial charge on any atom is -0.358 e. The summed E-state index contributed by atoms with van der Waals surface area (Å²) < 4.78 is 0. The first-order valence-electron chi connectivity index (χ1n) is 4.07. The number of hydrogen-bond donors (Lipinski definition) is 2. The van der Waals surface area contributed by atoms with Crippen LogP contribution in [0.5, 0.6) is 0 Å². The fraction of sp³-hybridized carbons (Fsp3) is 0.300. The van der Waals surface area contributed by atoms with E-state index in [0.717, 1.165) is 5.57 Å². The van der Waals surface area contributed by atoms with Crippen LogP contribution < -0.4 is 11.1 Å². The summed E-state index contributed by atoms with van der Waals surface area (Å²) in [6.07, 6.45) is 5.59. The van der Waals surface area contributed by atoms with E-state index < -0.39 is 6.04 Å². The van der Waals surface area contributed by atoms with Crippen LogP contribution in [0.25, 0.3) is 0 Å². The number of carbonyl (C=O) groups excluding carboxylic acids is 1. The van der Waals surface area contributed by atoms with Crippen LogP contribution in [0.1, 0.15) is 6.42 Å². The largest absolute Gasteiger partial charge is 0.358 e. The van der Waals surface area contributed by atoms with Crippen molar-refractivity contribution in [2.75, 3.05) is 7.05 Å². The third-order valence-corrected chi connectivity index (χ3v) is 1.63. The fourth-order valence-electron chi connectivity index (χ4n) is 0.903. The molecule has 1 atom stereocenters. The molecule has 1 unspecified atom stereocenters. The van der Waals surface area contributed by atoms with Crippen LogP contribution in [0, 0.1) is 0 Å². The third kappa shape index (κ3) is 4.28.